The highest BCUT2D eigenvalue weighted by molar-refractivity contribution is 6.74. The number of halogens is 1. The number of ether oxygens (including phenoxy) is 2. The number of hydrogen-bond acceptors (Lipinski definition) is 6. The fraction of sp³-hybridized carbons (Fsp3) is 0.548. The number of nitrogens with zero attached hydrogens (tertiary/aromatic N) is 1. The summed E-state index contributed by atoms with van der Waals surface area (Å²) in [6.07, 6.45) is -0.537. The minimum absolute atomic E-state index is 0.0139. The molecule has 1 amide bonds. The average Bonchev–Trinajstić information content (AvgIpc) is 2.82. The molecule has 7 nitrogen and oxygen atoms in total. The molecule has 2 aromatic carbocycles. The highest BCUT2D eigenvalue weighted by Crippen LogP contribution is 2.40. The van der Waals surface area contributed by atoms with E-state index in [2.05, 4.69) is 39.2 Å². The normalized spacial score (nSPS) is 13.0. The molecule has 2 aromatic rings. The summed E-state index contributed by atoms with van der Waals surface area (Å²) in [5.74, 6) is -0.272. The Morgan fingerprint density at radius 2 is 1.73 bits per heavy atom. The molecule has 0 bridgehead atoms. The van der Waals surface area contributed by atoms with E-state index in [9.17, 15) is 9.59 Å². The van der Waals surface area contributed by atoms with Crippen molar-refractivity contribution in [3.8, 4) is 0 Å². The quantitative estimate of drug-likeness (QED) is 0.213. The monoisotopic (exact) mass is 590 g/mol. The van der Waals surface area contributed by atoms with E-state index in [1.165, 1.54) is 7.11 Å². The lowest BCUT2D eigenvalue weighted by Crippen LogP contribution is -2.46. The SMILES string of the molecule is COC(=O)Cc1ccc(NCCN(C[C@H](O[Si](C)(C)C(C)(C)C)c2cccc(Cl)c2)C(=O)OC(C)(C)C)cc1C. The van der Waals surface area contributed by atoms with Gasteiger partial charge in [0.2, 0.25) is 0 Å². The zero-order valence-electron chi connectivity index (χ0n) is 25.8. The second-order valence-electron chi connectivity index (χ2n) is 12.7. The molecule has 1 atom stereocenters. The van der Waals surface area contributed by atoms with Gasteiger partial charge in [0.1, 0.15) is 5.60 Å². The Labute approximate surface area is 246 Å². The Morgan fingerprint density at radius 1 is 1.05 bits per heavy atom. The molecule has 0 aliphatic carbocycles. The number of nitrogens with one attached hydrogen (secondary N) is 1. The molecule has 40 heavy (non-hydrogen) atoms. The van der Waals surface area contributed by atoms with Crippen LogP contribution in [0.3, 0.4) is 0 Å². The molecule has 0 fully saturated rings. The molecule has 1 N–H and O–H groups in total. The van der Waals surface area contributed by atoms with Crippen LogP contribution in [-0.2, 0) is 25.1 Å². The van der Waals surface area contributed by atoms with Crippen LogP contribution in [0.2, 0.25) is 23.2 Å². The third-order valence-electron chi connectivity index (χ3n) is 7.12. The zero-order valence-corrected chi connectivity index (χ0v) is 27.6. The smallest absolute Gasteiger partial charge is 0.410 e. The lowest BCUT2D eigenvalue weighted by molar-refractivity contribution is -0.139. The summed E-state index contributed by atoms with van der Waals surface area (Å²) in [6.45, 7) is 19.8. The Hall–Kier alpha value is -2.55. The molecular weight excluding hydrogens is 544 g/mol. The maximum Gasteiger partial charge on any atom is 0.410 e. The van der Waals surface area contributed by atoms with Crippen molar-refractivity contribution in [2.45, 2.75) is 84.7 Å². The van der Waals surface area contributed by atoms with Gasteiger partial charge in [0.05, 0.1) is 26.2 Å². The number of carbonyl (C=O) groups excluding carboxylic acids is 2. The van der Waals surface area contributed by atoms with Gasteiger partial charge in [0, 0.05) is 23.8 Å². The van der Waals surface area contributed by atoms with E-state index in [0.29, 0.717) is 24.7 Å². The van der Waals surface area contributed by atoms with Crippen LogP contribution in [0.15, 0.2) is 42.5 Å². The second kappa shape index (κ2) is 13.9. The van der Waals surface area contributed by atoms with E-state index in [-0.39, 0.29) is 23.5 Å². The lowest BCUT2D eigenvalue weighted by Gasteiger charge is -2.40. The van der Waals surface area contributed by atoms with Crippen molar-refractivity contribution in [2.75, 3.05) is 32.1 Å². The molecule has 0 unspecified atom stereocenters. The Bertz CT molecular complexity index is 1160. The second-order valence-corrected chi connectivity index (χ2v) is 17.9. The molecule has 0 aromatic heterocycles. The van der Waals surface area contributed by atoms with Crippen molar-refractivity contribution >= 4 is 37.7 Å². The van der Waals surface area contributed by atoms with Gasteiger partial charge >= 0.3 is 12.1 Å². The van der Waals surface area contributed by atoms with Crippen LogP contribution >= 0.6 is 11.6 Å². The van der Waals surface area contributed by atoms with Crippen LogP contribution in [0.25, 0.3) is 0 Å². The van der Waals surface area contributed by atoms with Crippen LogP contribution in [0.4, 0.5) is 10.5 Å². The minimum Gasteiger partial charge on any atom is -0.469 e. The number of carbonyl (C=O) groups is 2. The molecule has 0 spiro atoms. The van der Waals surface area contributed by atoms with Crippen LogP contribution in [0, 0.1) is 6.92 Å². The van der Waals surface area contributed by atoms with Gasteiger partial charge in [-0.15, -0.1) is 0 Å². The van der Waals surface area contributed by atoms with Crippen molar-refractivity contribution in [2.24, 2.45) is 0 Å². The van der Waals surface area contributed by atoms with Gasteiger partial charge < -0.3 is 24.1 Å². The number of anilines is 1. The first-order valence-electron chi connectivity index (χ1n) is 13.7. The molecule has 0 radical (unpaired) electrons. The van der Waals surface area contributed by atoms with E-state index in [4.69, 9.17) is 25.5 Å². The van der Waals surface area contributed by atoms with Gasteiger partial charge in [-0.1, -0.05) is 50.6 Å². The third-order valence-corrected chi connectivity index (χ3v) is 11.8. The maximum absolute atomic E-state index is 13.4. The fourth-order valence-electron chi connectivity index (χ4n) is 3.80. The van der Waals surface area contributed by atoms with Crippen molar-refractivity contribution in [1.82, 2.24) is 4.90 Å². The summed E-state index contributed by atoms with van der Waals surface area (Å²) in [7, 11) is -0.810. The topological polar surface area (TPSA) is 77.1 Å². The van der Waals surface area contributed by atoms with E-state index in [0.717, 1.165) is 22.4 Å². The predicted octanol–water partition coefficient (Wildman–Crippen LogP) is 7.78. The molecule has 0 saturated heterocycles. The zero-order chi connectivity index (χ0) is 30.3. The summed E-state index contributed by atoms with van der Waals surface area (Å²) in [5, 5.41) is 4.01. The number of esters is 1. The number of amides is 1. The molecule has 0 heterocycles. The van der Waals surface area contributed by atoms with Crippen molar-refractivity contribution in [3.05, 3.63) is 64.2 Å². The van der Waals surface area contributed by atoms with E-state index in [1.54, 1.807) is 4.90 Å². The van der Waals surface area contributed by atoms with Gasteiger partial charge in [-0.25, -0.2) is 4.79 Å². The summed E-state index contributed by atoms with van der Waals surface area (Å²) < 4.78 is 17.4. The van der Waals surface area contributed by atoms with E-state index >= 15 is 0 Å². The minimum atomic E-state index is -2.20. The fourth-order valence-corrected chi connectivity index (χ4v) is 5.28. The van der Waals surface area contributed by atoms with Gasteiger partial charge in [0.25, 0.3) is 0 Å². The van der Waals surface area contributed by atoms with Crippen molar-refractivity contribution in [1.29, 1.82) is 0 Å². The highest BCUT2D eigenvalue weighted by atomic mass is 35.5. The first-order valence-corrected chi connectivity index (χ1v) is 17.0. The molecule has 9 heteroatoms. The number of methoxy groups -OCH3 is 1. The van der Waals surface area contributed by atoms with Crippen LogP contribution < -0.4 is 5.32 Å². The number of rotatable bonds is 11. The van der Waals surface area contributed by atoms with Gasteiger partial charge in [-0.3, -0.25) is 4.79 Å². The molecular formula is C31H47ClN2O5Si. The number of aryl methyl sites for hydroxylation is 1. The van der Waals surface area contributed by atoms with E-state index in [1.807, 2.05) is 70.2 Å². The first-order chi connectivity index (χ1) is 18.4. The standard InChI is InChI=1S/C31H47ClN2O5Si/c1-22-18-26(15-14-23(22)20-28(35)37-8)33-16-17-34(29(36)38-30(2,3)4)21-27(24-12-11-13-25(32)19-24)39-40(9,10)31(5,6)7/h11-15,18-19,27,33H,16-17,20-21H2,1-10H3/t27-/m0/s1. The van der Waals surface area contributed by atoms with Crippen molar-refractivity contribution in [3.63, 3.8) is 0 Å². The lowest BCUT2D eigenvalue weighted by atomic mass is 10.1. The summed E-state index contributed by atoms with van der Waals surface area (Å²) in [5.41, 5.74) is 3.10. The summed E-state index contributed by atoms with van der Waals surface area (Å²) >= 11 is 6.36. The molecule has 222 valence electrons. The Balaban J connectivity index is 2.28. The van der Waals surface area contributed by atoms with Crippen LogP contribution in [-0.4, -0.2) is 57.6 Å². The highest BCUT2D eigenvalue weighted by Gasteiger charge is 2.40. The van der Waals surface area contributed by atoms with Crippen LogP contribution in [0.5, 0.6) is 0 Å². The number of benzene rings is 2. The predicted molar refractivity (Wildman–Crippen MR) is 166 cm³/mol. The summed E-state index contributed by atoms with van der Waals surface area (Å²) in [4.78, 5) is 26.8. The number of hydrogen-bond donors (Lipinski definition) is 1. The van der Waals surface area contributed by atoms with Crippen LogP contribution in [0.1, 0.15) is 64.3 Å². The summed E-state index contributed by atoms with van der Waals surface area (Å²) in [6, 6.07) is 13.5. The Morgan fingerprint density at radius 3 is 2.27 bits per heavy atom. The largest absolute Gasteiger partial charge is 0.469 e. The van der Waals surface area contributed by atoms with Gasteiger partial charge in [-0.05, 0) is 86.8 Å². The molecule has 0 aliphatic heterocycles. The molecule has 2 rings (SSSR count). The average molecular weight is 591 g/mol. The Kier molecular flexibility index (Phi) is 11.7. The first kappa shape index (κ1) is 33.7. The van der Waals surface area contributed by atoms with Gasteiger partial charge in [-0.2, -0.15) is 0 Å². The maximum atomic E-state index is 13.4. The molecule has 0 saturated carbocycles. The third kappa shape index (κ3) is 10.4. The van der Waals surface area contributed by atoms with Gasteiger partial charge in [0.15, 0.2) is 8.32 Å². The van der Waals surface area contributed by atoms with Crippen molar-refractivity contribution < 1.29 is 23.5 Å². The van der Waals surface area contributed by atoms with E-state index < -0.39 is 20.0 Å². The molecule has 0 aliphatic rings.